The van der Waals surface area contributed by atoms with Crippen LogP contribution in [0, 0.1) is 6.92 Å². The Morgan fingerprint density at radius 2 is 1.12 bits per heavy atom. The second-order valence-corrected chi connectivity index (χ2v) is 8.15. The largest absolute Gasteiger partial charge is 0.355 e. The molecule has 2 aromatic heterocycles. The lowest BCUT2D eigenvalue weighted by atomic mass is 10.1. The van der Waals surface area contributed by atoms with Gasteiger partial charge in [0.05, 0.1) is 11.4 Å². The molecule has 7 nitrogen and oxygen atoms in total. The van der Waals surface area contributed by atoms with Gasteiger partial charge in [-0.3, -0.25) is 9.59 Å². The monoisotopic (exact) mass is 453 g/mol. The van der Waals surface area contributed by atoms with Gasteiger partial charge in [0.25, 0.3) is 11.8 Å². The normalized spacial score (nSPS) is 10.4. The van der Waals surface area contributed by atoms with E-state index in [9.17, 15) is 9.59 Å². The Hall–Kier alpha value is -4.52. The van der Waals surface area contributed by atoms with Gasteiger partial charge in [0.15, 0.2) is 24.8 Å². The van der Waals surface area contributed by atoms with Crippen LogP contribution in [0.5, 0.6) is 0 Å². The molecule has 0 saturated heterocycles. The van der Waals surface area contributed by atoms with Crippen molar-refractivity contribution in [2.75, 3.05) is 16.0 Å². The minimum atomic E-state index is -0.241. The van der Waals surface area contributed by atoms with Crippen molar-refractivity contribution in [3.05, 3.63) is 108 Å². The van der Waals surface area contributed by atoms with Crippen LogP contribution in [0.2, 0.25) is 0 Å². The maximum Gasteiger partial charge on any atom is 0.255 e. The SMILES string of the molecule is Cc1c[n+](C)ccc1NC(=O)c1ccc(C(=O)Nc2ccc(Nc3cc[n+](C)cc3)cc2)cc1. The summed E-state index contributed by atoms with van der Waals surface area (Å²) in [5.41, 5.74) is 5.26. The van der Waals surface area contributed by atoms with Gasteiger partial charge in [0.2, 0.25) is 0 Å². The fourth-order valence-corrected chi connectivity index (χ4v) is 3.44. The number of pyridine rings is 2. The fraction of sp³-hybridized carbons (Fsp3) is 0.111. The molecule has 0 fully saturated rings. The topological polar surface area (TPSA) is 78.0 Å². The summed E-state index contributed by atoms with van der Waals surface area (Å²) in [6.07, 6.45) is 7.75. The number of nitrogens with zero attached hydrogens (tertiary/aromatic N) is 2. The van der Waals surface area contributed by atoms with Gasteiger partial charge in [-0.25, -0.2) is 9.13 Å². The van der Waals surface area contributed by atoms with Crippen LogP contribution >= 0.6 is 0 Å². The van der Waals surface area contributed by atoms with Crippen LogP contribution in [-0.2, 0) is 14.1 Å². The number of anilines is 4. The average Bonchev–Trinajstić information content (AvgIpc) is 2.83. The number of nitrogens with one attached hydrogen (secondary N) is 3. The Morgan fingerprint density at radius 1 is 0.618 bits per heavy atom. The molecule has 2 amide bonds. The number of carbonyl (C=O) groups excluding carboxylic acids is 2. The maximum absolute atomic E-state index is 12.6. The number of hydrogen-bond donors (Lipinski definition) is 3. The molecule has 0 bridgehead atoms. The lowest BCUT2D eigenvalue weighted by Crippen LogP contribution is -2.27. The molecule has 0 aliphatic rings. The van der Waals surface area contributed by atoms with Crippen molar-refractivity contribution in [2.24, 2.45) is 14.1 Å². The molecule has 170 valence electrons. The molecule has 7 heteroatoms. The molecule has 0 atom stereocenters. The second kappa shape index (κ2) is 9.95. The van der Waals surface area contributed by atoms with Gasteiger partial charge in [-0.15, -0.1) is 0 Å². The van der Waals surface area contributed by atoms with E-state index in [1.54, 1.807) is 24.3 Å². The summed E-state index contributed by atoms with van der Waals surface area (Å²) in [5, 5.41) is 9.11. The van der Waals surface area contributed by atoms with Crippen molar-refractivity contribution in [2.45, 2.75) is 6.92 Å². The summed E-state index contributed by atoms with van der Waals surface area (Å²) in [6.45, 7) is 1.94. The van der Waals surface area contributed by atoms with E-state index < -0.39 is 0 Å². The first-order valence-electron chi connectivity index (χ1n) is 10.9. The molecule has 2 aromatic carbocycles. The van der Waals surface area contributed by atoms with Gasteiger partial charge in [0.1, 0.15) is 14.1 Å². The van der Waals surface area contributed by atoms with E-state index in [-0.39, 0.29) is 11.8 Å². The number of rotatable bonds is 6. The van der Waals surface area contributed by atoms with E-state index in [0.717, 1.165) is 22.6 Å². The van der Waals surface area contributed by atoms with Crippen LogP contribution in [-0.4, -0.2) is 11.8 Å². The third-order valence-corrected chi connectivity index (χ3v) is 5.37. The molecule has 0 unspecified atom stereocenters. The number of hydrogen-bond acceptors (Lipinski definition) is 3. The Balaban J connectivity index is 1.35. The van der Waals surface area contributed by atoms with E-state index >= 15 is 0 Å². The second-order valence-electron chi connectivity index (χ2n) is 8.15. The maximum atomic E-state index is 12.6. The van der Waals surface area contributed by atoms with Crippen LogP contribution < -0.4 is 25.1 Å². The quantitative estimate of drug-likeness (QED) is 0.388. The third kappa shape index (κ3) is 5.63. The molecule has 4 aromatic rings. The predicted molar refractivity (Wildman–Crippen MR) is 132 cm³/mol. The molecule has 0 aliphatic carbocycles. The van der Waals surface area contributed by atoms with E-state index in [1.165, 1.54) is 0 Å². The molecule has 0 saturated carbocycles. The fourth-order valence-electron chi connectivity index (χ4n) is 3.44. The highest BCUT2D eigenvalue weighted by Gasteiger charge is 2.12. The number of benzene rings is 2. The van der Waals surface area contributed by atoms with Crippen molar-refractivity contribution in [3.63, 3.8) is 0 Å². The first kappa shape index (κ1) is 22.7. The summed E-state index contributed by atoms with van der Waals surface area (Å²) in [7, 11) is 3.90. The zero-order chi connectivity index (χ0) is 24.1. The number of amides is 2. The van der Waals surface area contributed by atoms with E-state index in [0.29, 0.717) is 16.8 Å². The minimum absolute atomic E-state index is 0.223. The molecule has 34 heavy (non-hydrogen) atoms. The average molecular weight is 454 g/mol. The molecule has 0 spiro atoms. The van der Waals surface area contributed by atoms with Crippen molar-refractivity contribution < 1.29 is 18.7 Å². The van der Waals surface area contributed by atoms with Gasteiger partial charge in [-0.2, -0.15) is 0 Å². The summed E-state index contributed by atoms with van der Waals surface area (Å²) < 4.78 is 3.89. The Labute approximate surface area is 198 Å². The number of aryl methyl sites for hydroxylation is 3. The van der Waals surface area contributed by atoms with Crippen LogP contribution in [0.1, 0.15) is 26.3 Å². The smallest absolute Gasteiger partial charge is 0.255 e. The summed E-state index contributed by atoms with van der Waals surface area (Å²) in [6, 6.07) is 19.9. The van der Waals surface area contributed by atoms with Crippen molar-refractivity contribution >= 4 is 34.6 Å². The Bertz CT molecular complexity index is 1310. The van der Waals surface area contributed by atoms with Gasteiger partial charge in [0, 0.05) is 46.3 Å². The summed E-state index contributed by atoms with van der Waals surface area (Å²) in [4.78, 5) is 25.2. The van der Waals surface area contributed by atoms with Crippen LogP contribution in [0.25, 0.3) is 0 Å². The van der Waals surface area contributed by atoms with Crippen molar-refractivity contribution in [3.8, 4) is 0 Å². The van der Waals surface area contributed by atoms with Crippen LogP contribution in [0.3, 0.4) is 0 Å². The highest BCUT2D eigenvalue weighted by Crippen LogP contribution is 2.19. The molecule has 0 aliphatic heterocycles. The van der Waals surface area contributed by atoms with E-state index in [4.69, 9.17) is 0 Å². The van der Waals surface area contributed by atoms with E-state index in [1.807, 2.05) is 97.4 Å². The lowest BCUT2D eigenvalue weighted by molar-refractivity contribution is -0.671. The van der Waals surface area contributed by atoms with Crippen LogP contribution in [0.15, 0.2) is 91.5 Å². The van der Waals surface area contributed by atoms with E-state index in [2.05, 4.69) is 16.0 Å². The molecule has 0 radical (unpaired) electrons. The molecule has 3 N–H and O–H groups in total. The first-order chi connectivity index (χ1) is 16.4. The molecular weight excluding hydrogens is 426 g/mol. The summed E-state index contributed by atoms with van der Waals surface area (Å²) in [5.74, 6) is -0.464. The van der Waals surface area contributed by atoms with Crippen molar-refractivity contribution in [1.29, 1.82) is 0 Å². The zero-order valence-electron chi connectivity index (χ0n) is 19.4. The number of aromatic nitrogens is 2. The van der Waals surface area contributed by atoms with Gasteiger partial charge < -0.3 is 16.0 Å². The highest BCUT2D eigenvalue weighted by atomic mass is 16.2. The Kier molecular flexibility index (Phi) is 6.64. The minimum Gasteiger partial charge on any atom is -0.355 e. The first-order valence-corrected chi connectivity index (χ1v) is 10.9. The third-order valence-electron chi connectivity index (χ3n) is 5.37. The predicted octanol–water partition coefficient (Wildman–Crippen LogP) is 3.89. The van der Waals surface area contributed by atoms with Gasteiger partial charge in [-0.05, 0) is 55.5 Å². The zero-order valence-corrected chi connectivity index (χ0v) is 19.4. The molecule has 2 heterocycles. The standard InChI is InChI=1S/C27H25N5O2/c1-19-18-32(3)17-14-25(19)30-27(34)21-6-4-20(5-7-21)26(33)29-23-10-8-22(9-11-23)28-24-12-15-31(2)16-13-24/h4-18H,1-3H3,(H,29,33)/p+2. The highest BCUT2D eigenvalue weighted by molar-refractivity contribution is 6.07. The van der Waals surface area contributed by atoms with Crippen molar-refractivity contribution in [1.82, 2.24) is 0 Å². The van der Waals surface area contributed by atoms with Crippen LogP contribution in [0.4, 0.5) is 22.7 Å². The molecule has 4 rings (SSSR count). The lowest BCUT2D eigenvalue weighted by Gasteiger charge is -2.09. The Morgan fingerprint density at radius 3 is 1.71 bits per heavy atom. The van der Waals surface area contributed by atoms with Gasteiger partial charge >= 0.3 is 0 Å². The molecular formula is C27H27N5O2+2. The summed E-state index contributed by atoms with van der Waals surface area (Å²) >= 11 is 0. The van der Waals surface area contributed by atoms with Gasteiger partial charge in [-0.1, -0.05) is 0 Å². The number of carbonyl (C=O) groups is 2.